The van der Waals surface area contributed by atoms with Crippen LogP contribution in [0.5, 0.6) is 0 Å². The molecule has 27 heavy (non-hydrogen) atoms. The van der Waals surface area contributed by atoms with Crippen LogP contribution in [0, 0.1) is 0 Å². The van der Waals surface area contributed by atoms with Gasteiger partial charge in [0.15, 0.2) is 0 Å². The van der Waals surface area contributed by atoms with Gasteiger partial charge >= 0.3 is 0 Å². The number of rotatable bonds is 6. The number of carbonyl (C=O) groups is 1. The smallest absolute Gasteiger partial charge is 0.271 e. The van der Waals surface area contributed by atoms with E-state index in [1.807, 2.05) is 38.1 Å². The van der Waals surface area contributed by atoms with Crippen molar-refractivity contribution < 1.29 is 13.2 Å². The molecule has 0 aliphatic rings. The number of para-hydroxylation sites is 1. The standard InChI is InChI=1S/C20H27N3O3S/c1-6-12-21(7-2)20(24)18-13-17-19(23(18)27(5,25)26)15-10-8-9-11-16(15)22(17)14(3)4/h8-11,13-14H,6-7,12H2,1-5H3. The van der Waals surface area contributed by atoms with Gasteiger partial charge in [-0.25, -0.2) is 12.4 Å². The molecule has 7 heteroatoms. The summed E-state index contributed by atoms with van der Waals surface area (Å²) in [5.74, 6) is -0.250. The number of fused-ring (bicyclic) bond motifs is 3. The van der Waals surface area contributed by atoms with Crippen molar-refractivity contribution in [2.45, 2.75) is 40.2 Å². The second kappa shape index (κ2) is 7.03. The van der Waals surface area contributed by atoms with Crippen molar-refractivity contribution in [2.75, 3.05) is 19.3 Å². The molecule has 0 aliphatic heterocycles. The third kappa shape index (κ3) is 3.14. The highest BCUT2D eigenvalue weighted by Crippen LogP contribution is 2.35. The van der Waals surface area contributed by atoms with E-state index in [1.165, 1.54) is 3.97 Å². The molecule has 1 amide bonds. The van der Waals surface area contributed by atoms with E-state index in [4.69, 9.17) is 0 Å². The maximum atomic E-state index is 13.1. The molecule has 0 fully saturated rings. The number of nitrogens with zero attached hydrogens (tertiary/aromatic N) is 3. The number of aromatic nitrogens is 2. The maximum absolute atomic E-state index is 13.1. The molecule has 6 nitrogen and oxygen atoms in total. The lowest BCUT2D eigenvalue weighted by molar-refractivity contribution is 0.0758. The fourth-order valence-corrected chi connectivity index (χ4v) is 4.82. The van der Waals surface area contributed by atoms with Crippen LogP contribution in [0.2, 0.25) is 0 Å². The van der Waals surface area contributed by atoms with Gasteiger partial charge in [0, 0.05) is 24.5 Å². The van der Waals surface area contributed by atoms with Gasteiger partial charge in [-0.15, -0.1) is 0 Å². The van der Waals surface area contributed by atoms with Gasteiger partial charge in [0.05, 0.1) is 22.8 Å². The van der Waals surface area contributed by atoms with Crippen LogP contribution in [-0.2, 0) is 10.0 Å². The Hall–Kier alpha value is -2.28. The number of amides is 1. The third-order valence-corrected chi connectivity index (χ3v) is 5.89. The molecule has 0 spiro atoms. The summed E-state index contributed by atoms with van der Waals surface area (Å²) in [7, 11) is -3.67. The van der Waals surface area contributed by atoms with Crippen LogP contribution in [0.1, 0.15) is 50.6 Å². The van der Waals surface area contributed by atoms with Crippen molar-refractivity contribution in [3.05, 3.63) is 36.0 Å². The molecule has 0 aliphatic carbocycles. The van der Waals surface area contributed by atoms with E-state index in [2.05, 4.69) is 18.4 Å². The predicted octanol–water partition coefficient (Wildman–Crippen LogP) is 3.86. The summed E-state index contributed by atoms with van der Waals surface area (Å²) in [6.45, 7) is 9.16. The zero-order valence-electron chi connectivity index (χ0n) is 16.6. The molecule has 0 radical (unpaired) electrons. The fraction of sp³-hybridized carbons (Fsp3) is 0.450. The van der Waals surface area contributed by atoms with Crippen LogP contribution < -0.4 is 0 Å². The molecule has 0 saturated carbocycles. The van der Waals surface area contributed by atoms with Crippen molar-refractivity contribution >= 4 is 37.9 Å². The molecule has 146 valence electrons. The van der Waals surface area contributed by atoms with Gasteiger partial charge in [0.1, 0.15) is 5.69 Å². The molecule has 0 saturated heterocycles. The van der Waals surface area contributed by atoms with Gasteiger partial charge < -0.3 is 9.47 Å². The summed E-state index contributed by atoms with van der Waals surface area (Å²) >= 11 is 0. The summed E-state index contributed by atoms with van der Waals surface area (Å²) in [6, 6.07) is 9.59. The summed E-state index contributed by atoms with van der Waals surface area (Å²) < 4.78 is 28.7. The molecule has 3 rings (SSSR count). The van der Waals surface area contributed by atoms with Gasteiger partial charge in [0.25, 0.3) is 5.91 Å². The summed E-state index contributed by atoms with van der Waals surface area (Å²) in [5, 5.41) is 0.837. The number of hydrogen-bond donors (Lipinski definition) is 0. The Labute approximate surface area is 160 Å². The molecule has 0 bridgehead atoms. The normalized spacial score (nSPS) is 12.4. The molecule has 0 unspecified atom stereocenters. The zero-order valence-corrected chi connectivity index (χ0v) is 17.4. The van der Waals surface area contributed by atoms with Crippen molar-refractivity contribution in [2.24, 2.45) is 0 Å². The minimum Gasteiger partial charge on any atom is -0.338 e. The summed E-state index contributed by atoms with van der Waals surface area (Å²) in [5.41, 5.74) is 2.53. The van der Waals surface area contributed by atoms with Gasteiger partial charge in [-0.1, -0.05) is 25.1 Å². The van der Waals surface area contributed by atoms with E-state index >= 15 is 0 Å². The molecule has 2 aromatic heterocycles. The number of carbonyl (C=O) groups excluding carboxylic acids is 1. The van der Waals surface area contributed by atoms with E-state index in [-0.39, 0.29) is 17.6 Å². The Morgan fingerprint density at radius 1 is 1.15 bits per heavy atom. The van der Waals surface area contributed by atoms with Crippen molar-refractivity contribution in [1.29, 1.82) is 0 Å². The average Bonchev–Trinajstić information content (AvgIpc) is 3.12. The molecule has 0 N–H and O–H groups in total. The molecular weight excluding hydrogens is 362 g/mol. The SMILES string of the molecule is CCCN(CC)C(=O)c1cc2c(c3ccccc3n2C(C)C)n1S(C)(=O)=O. The first-order valence-corrected chi connectivity index (χ1v) is 11.2. The number of benzene rings is 1. The molecule has 2 heterocycles. The van der Waals surface area contributed by atoms with Gasteiger partial charge in [-0.2, -0.15) is 0 Å². The first-order chi connectivity index (χ1) is 12.7. The van der Waals surface area contributed by atoms with Crippen LogP contribution >= 0.6 is 0 Å². The van der Waals surface area contributed by atoms with Crippen LogP contribution in [0.3, 0.4) is 0 Å². The van der Waals surface area contributed by atoms with Gasteiger partial charge in [-0.3, -0.25) is 4.79 Å². The average molecular weight is 390 g/mol. The van der Waals surface area contributed by atoms with Crippen molar-refractivity contribution in [3.63, 3.8) is 0 Å². The lowest BCUT2D eigenvalue weighted by atomic mass is 10.2. The lowest BCUT2D eigenvalue weighted by Crippen LogP contribution is -2.33. The molecular formula is C20H27N3O3S. The Morgan fingerprint density at radius 2 is 1.81 bits per heavy atom. The second-order valence-corrected chi connectivity index (χ2v) is 8.99. The first kappa shape index (κ1) is 19.5. The fourth-order valence-electron chi connectivity index (χ4n) is 3.81. The zero-order chi connectivity index (χ0) is 19.9. The van der Waals surface area contributed by atoms with Crippen LogP contribution in [-0.4, -0.2) is 47.1 Å². The van der Waals surface area contributed by atoms with Gasteiger partial charge in [0.2, 0.25) is 10.0 Å². The second-order valence-electron chi connectivity index (χ2n) is 7.16. The molecule has 0 atom stereocenters. The van der Waals surface area contributed by atoms with Crippen LogP contribution in [0.25, 0.3) is 21.9 Å². The Kier molecular flexibility index (Phi) is 5.08. The largest absolute Gasteiger partial charge is 0.338 e. The van der Waals surface area contributed by atoms with E-state index in [9.17, 15) is 13.2 Å². The summed E-state index contributed by atoms with van der Waals surface area (Å²) in [4.78, 5) is 14.8. The number of hydrogen-bond acceptors (Lipinski definition) is 3. The van der Waals surface area contributed by atoms with E-state index in [0.29, 0.717) is 18.6 Å². The highest BCUT2D eigenvalue weighted by molar-refractivity contribution is 7.89. The Balaban J connectivity index is 2.43. The Morgan fingerprint density at radius 3 is 2.37 bits per heavy atom. The van der Waals surface area contributed by atoms with Crippen molar-refractivity contribution in [1.82, 2.24) is 13.4 Å². The van der Waals surface area contributed by atoms with E-state index in [1.54, 1.807) is 11.0 Å². The third-order valence-electron chi connectivity index (χ3n) is 4.85. The van der Waals surface area contributed by atoms with Crippen LogP contribution in [0.4, 0.5) is 0 Å². The molecule has 3 aromatic rings. The highest BCUT2D eigenvalue weighted by atomic mass is 32.2. The maximum Gasteiger partial charge on any atom is 0.271 e. The minimum absolute atomic E-state index is 0.128. The Bertz CT molecular complexity index is 1110. The first-order valence-electron chi connectivity index (χ1n) is 9.36. The van der Waals surface area contributed by atoms with E-state index < -0.39 is 10.0 Å². The van der Waals surface area contributed by atoms with Crippen LogP contribution in [0.15, 0.2) is 30.3 Å². The topological polar surface area (TPSA) is 64.3 Å². The minimum atomic E-state index is -3.67. The van der Waals surface area contributed by atoms with E-state index in [0.717, 1.165) is 29.1 Å². The quantitative estimate of drug-likeness (QED) is 0.643. The molecule has 1 aromatic carbocycles. The lowest BCUT2D eigenvalue weighted by Gasteiger charge is -2.20. The predicted molar refractivity (Wildman–Crippen MR) is 110 cm³/mol. The van der Waals surface area contributed by atoms with Gasteiger partial charge in [-0.05, 0) is 39.3 Å². The van der Waals surface area contributed by atoms with Crippen molar-refractivity contribution in [3.8, 4) is 0 Å². The highest BCUT2D eigenvalue weighted by Gasteiger charge is 2.28. The summed E-state index contributed by atoms with van der Waals surface area (Å²) in [6.07, 6.45) is 1.97. The monoisotopic (exact) mass is 389 g/mol.